The number of hydrogen-bond donors (Lipinski definition) is 4. The molecule has 1 unspecified atom stereocenters. The van der Waals surface area contributed by atoms with Crippen LogP contribution >= 0.6 is 0 Å². The molecule has 0 bridgehead atoms. The summed E-state index contributed by atoms with van der Waals surface area (Å²) in [7, 11) is 0. The van der Waals surface area contributed by atoms with E-state index in [1.54, 1.807) is 72.8 Å². The zero-order valence-corrected chi connectivity index (χ0v) is 18.9. The minimum absolute atomic E-state index is 0.0539. The number of nitrogens with two attached hydrogens (primary N) is 2. The molecule has 1 atom stereocenters. The Kier molecular flexibility index (Phi) is 8.40. The fourth-order valence-electron chi connectivity index (χ4n) is 3.08. The van der Waals surface area contributed by atoms with E-state index in [0.717, 1.165) is 5.56 Å². The molecule has 0 fully saturated rings. The van der Waals surface area contributed by atoms with Gasteiger partial charge in [-0.3, -0.25) is 15.0 Å². The normalized spacial score (nSPS) is 11.1. The average Bonchev–Trinajstić information content (AvgIpc) is 2.87. The van der Waals surface area contributed by atoms with Gasteiger partial charge in [-0.05, 0) is 54.1 Å². The van der Waals surface area contributed by atoms with Crippen molar-refractivity contribution in [3.05, 3.63) is 95.1 Å². The second kappa shape index (κ2) is 11.9. The number of carbonyl (C=O) groups excluding carboxylic acids is 2. The summed E-state index contributed by atoms with van der Waals surface area (Å²) in [5.41, 5.74) is 12.9. The third kappa shape index (κ3) is 7.33. The Balaban J connectivity index is 1.45. The van der Waals surface area contributed by atoms with Crippen molar-refractivity contribution >= 4 is 17.6 Å². The predicted molar refractivity (Wildman–Crippen MR) is 130 cm³/mol. The van der Waals surface area contributed by atoms with Gasteiger partial charge in [-0.25, -0.2) is 0 Å². The standard InChI is InChI=1S/C26H25N5O4/c27-15-23(13-14-34-21-11-7-19(8-12-21)25(30)32)35-22-9-1-17(2-10-22)16-31-26(33)20-5-3-18(4-6-20)24(28)29/h1-12,23H,13-14,16H2,(H3,28,29)(H2,30,32)(H,31,33). The van der Waals surface area contributed by atoms with Crippen LogP contribution in [0.4, 0.5) is 0 Å². The van der Waals surface area contributed by atoms with Crippen LogP contribution in [-0.4, -0.2) is 30.4 Å². The summed E-state index contributed by atoms with van der Waals surface area (Å²) in [6.45, 7) is 0.573. The van der Waals surface area contributed by atoms with Gasteiger partial charge >= 0.3 is 0 Å². The van der Waals surface area contributed by atoms with Crippen LogP contribution in [0.3, 0.4) is 0 Å². The third-order valence-corrected chi connectivity index (χ3v) is 5.04. The quantitative estimate of drug-likeness (QED) is 0.248. The molecule has 9 nitrogen and oxygen atoms in total. The minimum Gasteiger partial charge on any atom is -0.493 e. The van der Waals surface area contributed by atoms with Crippen molar-refractivity contribution < 1.29 is 19.1 Å². The van der Waals surface area contributed by atoms with Crippen molar-refractivity contribution in [3.63, 3.8) is 0 Å². The molecular weight excluding hydrogens is 446 g/mol. The number of carbonyl (C=O) groups is 2. The van der Waals surface area contributed by atoms with Gasteiger partial charge in [0.25, 0.3) is 5.91 Å². The van der Waals surface area contributed by atoms with Gasteiger partial charge in [0.2, 0.25) is 5.91 Å². The molecule has 0 saturated carbocycles. The molecule has 0 heterocycles. The van der Waals surface area contributed by atoms with E-state index in [1.165, 1.54) is 0 Å². The lowest BCUT2D eigenvalue weighted by molar-refractivity contribution is 0.0949. The fraction of sp³-hybridized carbons (Fsp3) is 0.154. The van der Waals surface area contributed by atoms with Crippen LogP contribution in [-0.2, 0) is 6.54 Å². The SMILES string of the molecule is N#CC(CCOc1ccc(C(N)=O)cc1)Oc1ccc(CNC(=O)c2ccc(C(=N)N)cc2)cc1. The Morgan fingerprint density at radius 2 is 1.46 bits per heavy atom. The molecule has 3 rings (SSSR count). The first-order valence-corrected chi connectivity index (χ1v) is 10.8. The molecule has 35 heavy (non-hydrogen) atoms. The average molecular weight is 472 g/mol. The van der Waals surface area contributed by atoms with Crippen LogP contribution in [0, 0.1) is 16.7 Å². The second-order valence-corrected chi connectivity index (χ2v) is 7.58. The summed E-state index contributed by atoms with van der Waals surface area (Å²) in [4.78, 5) is 23.4. The van der Waals surface area contributed by atoms with Crippen molar-refractivity contribution in [2.45, 2.75) is 19.1 Å². The van der Waals surface area contributed by atoms with Crippen molar-refractivity contribution in [1.29, 1.82) is 10.7 Å². The van der Waals surface area contributed by atoms with Crippen LogP contribution < -0.4 is 26.3 Å². The summed E-state index contributed by atoms with van der Waals surface area (Å²) < 4.78 is 11.3. The Hall–Kier alpha value is -4.84. The number of hydrogen-bond acceptors (Lipinski definition) is 6. The first-order valence-electron chi connectivity index (χ1n) is 10.8. The molecule has 0 aromatic heterocycles. The molecule has 3 aromatic rings. The zero-order chi connectivity index (χ0) is 25.2. The molecule has 0 aliphatic carbocycles. The molecular formula is C26H25N5O4. The van der Waals surface area contributed by atoms with E-state index in [-0.39, 0.29) is 18.3 Å². The number of nitrogens with zero attached hydrogens (tertiary/aromatic N) is 1. The maximum absolute atomic E-state index is 12.3. The van der Waals surface area contributed by atoms with Gasteiger partial charge in [0, 0.05) is 29.7 Å². The smallest absolute Gasteiger partial charge is 0.251 e. The molecule has 0 spiro atoms. The Labute approximate surface area is 202 Å². The maximum Gasteiger partial charge on any atom is 0.251 e. The third-order valence-electron chi connectivity index (χ3n) is 5.04. The highest BCUT2D eigenvalue weighted by molar-refractivity contribution is 5.98. The fourth-order valence-corrected chi connectivity index (χ4v) is 3.08. The van der Waals surface area contributed by atoms with E-state index < -0.39 is 12.0 Å². The predicted octanol–water partition coefficient (Wildman–Crippen LogP) is 2.74. The monoisotopic (exact) mass is 471 g/mol. The highest BCUT2D eigenvalue weighted by Crippen LogP contribution is 2.17. The summed E-state index contributed by atoms with van der Waals surface area (Å²) in [6, 6.07) is 22.1. The second-order valence-electron chi connectivity index (χ2n) is 7.58. The van der Waals surface area contributed by atoms with Gasteiger partial charge in [-0.1, -0.05) is 24.3 Å². The number of benzene rings is 3. The molecule has 0 saturated heterocycles. The van der Waals surface area contributed by atoms with Gasteiger partial charge in [0.05, 0.1) is 6.61 Å². The summed E-state index contributed by atoms with van der Waals surface area (Å²) in [5.74, 6) is 0.282. The molecule has 6 N–H and O–H groups in total. The number of ether oxygens (including phenoxy) is 2. The van der Waals surface area contributed by atoms with Crippen LogP contribution in [0.5, 0.6) is 11.5 Å². The van der Waals surface area contributed by atoms with E-state index in [0.29, 0.717) is 41.2 Å². The molecule has 0 radical (unpaired) electrons. The van der Waals surface area contributed by atoms with Crippen molar-refractivity contribution in [2.24, 2.45) is 11.5 Å². The number of amides is 2. The van der Waals surface area contributed by atoms with Crippen LogP contribution in [0.15, 0.2) is 72.8 Å². The number of primary amides is 1. The maximum atomic E-state index is 12.3. The molecule has 178 valence electrons. The lowest BCUT2D eigenvalue weighted by atomic mass is 10.1. The van der Waals surface area contributed by atoms with Gasteiger partial charge in [0.1, 0.15) is 23.4 Å². The van der Waals surface area contributed by atoms with E-state index in [2.05, 4.69) is 11.4 Å². The Bertz CT molecular complexity index is 1220. The lowest BCUT2D eigenvalue weighted by Crippen LogP contribution is -2.23. The molecule has 9 heteroatoms. The van der Waals surface area contributed by atoms with Gasteiger partial charge < -0.3 is 26.3 Å². The van der Waals surface area contributed by atoms with Gasteiger partial charge in [-0.15, -0.1) is 0 Å². The highest BCUT2D eigenvalue weighted by Gasteiger charge is 2.11. The first-order chi connectivity index (χ1) is 16.9. The van der Waals surface area contributed by atoms with Crippen LogP contribution in [0.1, 0.15) is 38.3 Å². The lowest BCUT2D eigenvalue weighted by Gasteiger charge is -2.14. The zero-order valence-electron chi connectivity index (χ0n) is 18.9. The Morgan fingerprint density at radius 3 is 2.03 bits per heavy atom. The molecule has 2 amide bonds. The van der Waals surface area contributed by atoms with Crippen LogP contribution in [0.25, 0.3) is 0 Å². The van der Waals surface area contributed by atoms with E-state index in [4.69, 9.17) is 26.4 Å². The summed E-state index contributed by atoms with van der Waals surface area (Å²) >= 11 is 0. The minimum atomic E-state index is -0.705. The summed E-state index contributed by atoms with van der Waals surface area (Å²) in [6.07, 6.45) is -0.364. The van der Waals surface area contributed by atoms with E-state index >= 15 is 0 Å². The van der Waals surface area contributed by atoms with Gasteiger partial charge in [0.15, 0.2) is 6.10 Å². The first kappa shape index (κ1) is 24.8. The number of nitrogens with one attached hydrogen (secondary N) is 2. The number of amidine groups is 1. The van der Waals surface area contributed by atoms with Crippen molar-refractivity contribution in [1.82, 2.24) is 5.32 Å². The van der Waals surface area contributed by atoms with E-state index in [1.807, 2.05) is 0 Å². The number of rotatable bonds is 11. The highest BCUT2D eigenvalue weighted by atomic mass is 16.5. The molecule has 3 aromatic carbocycles. The summed E-state index contributed by atoms with van der Waals surface area (Å²) in [5, 5.41) is 19.6. The Morgan fingerprint density at radius 1 is 0.886 bits per heavy atom. The van der Waals surface area contributed by atoms with E-state index in [9.17, 15) is 14.9 Å². The van der Waals surface area contributed by atoms with Crippen LogP contribution in [0.2, 0.25) is 0 Å². The topological polar surface area (TPSA) is 164 Å². The molecule has 0 aliphatic rings. The largest absolute Gasteiger partial charge is 0.493 e. The van der Waals surface area contributed by atoms with Crippen molar-refractivity contribution in [2.75, 3.05) is 6.61 Å². The molecule has 0 aliphatic heterocycles. The number of nitrogen functional groups attached to an aromatic ring is 1. The number of nitriles is 1. The van der Waals surface area contributed by atoms with Gasteiger partial charge in [-0.2, -0.15) is 5.26 Å². The van der Waals surface area contributed by atoms with Crippen molar-refractivity contribution in [3.8, 4) is 17.6 Å².